The van der Waals surface area contributed by atoms with Crippen LogP contribution >= 0.6 is 0 Å². The first kappa shape index (κ1) is 34.9. The van der Waals surface area contributed by atoms with Crippen molar-refractivity contribution >= 4 is 87.5 Å². The zero-order chi connectivity index (χ0) is 41.9. The molecule has 5 aromatic heterocycles. The minimum atomic E-state index is 0.508. The van der Waals surface area contributed by atoms with Crippen LogP contribution in [-0.4, -0.2) is 24.1 Å². The summed E-state index contributed by atoms with van der Waals surface area (Å²) in [6.45, 7) is 0. The third-order valence-corrected chi connectivity index (χ3v) is 12.8. The van der Waals surface area contributed by atoms with Crippen molar-refractivity contribution in [3.05, 3.63) is 200 Å². The molecule has 0 aliphatic carbocycles. The van der Waals surface area contributed by atoms with Gasteiger partial charge in [0.05, 0.1) is 27.6 Å². The fourth-order valence-corrected chi connectivity index (χ4v) is 9.97. The standard InChI is InChI=1S/C57H33N5O2/c1-3-16-34(17-4-1)45-32-36(33-46-40-23-10-14-29-50(40)64-54(45)46)61-47-26-11-7-20-37(47)41-30-31-42-38-21-8-12-27-48(38)62(52(42)51(41)61)57-59-55(35-18-5-2-6-19-35)58-56(60-57)44-25-15-24-43-39-22-9-13-28-49(39)63-53(43)44/h1-33H. The molecule has 64 heavy (non-hydrogen) atoms. The maximum Gasteiger partial charge on any atom is 0.238 e. The second-order valence-corrected chi connectivity index (χ2v) is 16.3. The molecule has 9 aromatic carbocycles. The van der Waals surface area contributed by atoms with Crippen LogP contribution in [0.3, 0.4) is 0 Å². The van der Waals surface area contributed by atoms with Gasteiger partial charge in [-0.25, -0.2) is 4.98 Å². The highest BCUT2D eigenvalue weighted by atomic mass is 16.3. The SMILES string of the molecule is c1ccc(-c2nc(-c3cccc4c3oc3ccccc34)nc(-n3c4ccccc4c4ccc5c6ccccc6n(-c6cc(-c7ccccc7)c7oc8ccccc8c7c6)c5c43)n2)cc1. The largest absolute Gasteiger partial charge is 0.455 e. The summed E-state index contributed by atoms with van der Waals surface area (Å²) >= 11 is 0. The van der Waals surface area contributed by atoms with Crippen molar-refractivity contribution in [3.63, 3.8) is 0 Å². The summed E-state index contributed by atoms with van der Waals surface area (Å²) < 4.78 is 17.9. The lowest BCUT2D eigenvalue weighted by Crippen LogP contribution is -2.07. The van der Waals surface area contributed by atoms with E-state index in [1.165, 1.54) is 0 Å². The molecule has 0 saturated heterocycles. The van der Waals surface area contributed by atoms with Crippen LogP contribution in [0.25, 0.3) is 133 Å². The fraction of sp³-hybridized carbons (Fsp3) is 0. The van der Waals surface area contributed by atoms with Gasteiger partial charge in [0.2, 0.25) is 5.95 Å². The monoisotopic (exact) mass is 819 g/mol. The minimum Gasteiger partial charge on any atom is -0.455 e. The Morgan fingerprint density at radius 2 is 0.844 bits per heavy atom. The van der Waals surface area contributed by atoms with Gasteiger partial charge in [-0.1, -0.05) is 158 Å². The molecule has 0 saturated carbocycles. The van der Waals surface area contributed by atoms with Gasteiger partial charge in [-0.15, -0.1) is 0 Å². The lowest BCUT2D eigenvalue weighted by atomic mass is 10.0. The van der Waals surface area contributed by atoms with Gasteiger partial charge in [0, 0.05) is 59.9 Å². The van der Waals surface area contributed by atoms with Gasteiger partial charge in [0.1, 0.15) is 22.3 Å². The van der Waals surface area contributed by atoms with Crippen LogP contribution in [0.5, 0.6) is 0 Å². The molecule has 0 N–H and O–H groups in total. The minimum absolute atomic E-state index is 0.508. The van der Waals surface area contributed by atoms with Crippen LogP contribution in [0.1, 0.15) is 0 Å². The number of hydrogen-bond donors (Lipinski definition) is 0. The number of hydrogen-bond acceptors (Lipinski definition) is 5. The third-order valence-electron chi connectivity index (χ3n) is 12.8. The van der Waals surface area contributed by atoms with E-state index in [-0.39, 0.29) is 0 Å². The van der Waals surface area contributed by atoms with Gasteiger partial charge in [0.15, 0.2) is 11.6 Å². The summed E-state index contributed by atoms with van der Waals surface area (Å²) in [7, 11) is 0. The van der Waals surface area contributed by atoms with Gasteiger partial charge in [-0.05, 0) is 48.0 Å². The summed E-state index contributed by atoms with van der Waals surface area (Å²) in [5, 5.41) is 8.64. The molecule has 0 fully saturated rings. The Bertz CT molecular complexity index is 4200. The number of nitrogens with zero attached hydrogens (tertiary/aromatic N) is 5. The van der Waals surface area contributed by atoms with Crippen LogP contribution in [-0.2, 0) is 0 Å². The molecule has 14 rings (SSSR count). The summed E-state index contributed by atoms with van der Waals surface area (Å²) in [5.74, 6) is 1.60. The Kier molecular flexibility index (Phi) is 7.27. The van der Waals surface area contributed by atoms with Crippen molar-refractivity contribution in [2.75, 3.05) is 0 Å². The van der Waals surface area contributed by atoms with Crippen LogP contribution in [0, 0.1) is 0 Å². The summed E-state index contributed by atoms with van der Waals surface area (Å²) in [6.07, 6.45) is 0. The number of benzene rings is 9. The van der Waals surface area contributed by atoms with Crippen molar-refractivity contribution in [1.29, 1.82) is 0 Å². The first-order valence-electron chi connectivity index (χ1n) is 21.4. The molecule has 14 aromatic rings. The van der Waals surface area contributed by atoms with Gasteiger partial charge in [-0.3, -0.25) is 4.57 Å². The average Bonchev–Trinajstić information content (AvgIpc) is 4.12. The second-order valence-electron chi connectivity index (χ2n) is 16.3. The maximum absolute atomic E-state index is 6.67. The smallest absolute Gasteiger partial charge is 0.238 e. The van der Waals surface area contributed by atoms with Crippen LogP contribution < -0.4 is 0 Å². The molecule has 0 bridgehead atoms. The Hall–Kier alpha value is -8.81. The van der Waals surface area contributed by atoms with E-state index in [4.69, 9.17) is 23.8 Å². The molecule has 7 heteroatoms. The molecular weight excluding hydrogens is 787 g/mol. The van der Waals surface area contributed by atoms with Crippen LogP contribution in [0.15, 0.2) is 209 Å². The van der Waals surface area contributed by atoms with Crippen molar-refractivity contribution in [2.45, 2.75) is 0 Å². The van der Waals surface area contributed by atoms with Gasteiger partial charge < -0.3 is 13.4 Å². The van der Waals surface area contributed by atoms with E-state index in [9.17, 15) is 0 Å². The van der Waals surface area contributed by atoms with E-state index in [1.807, 2.05) is 66.7 Å². The van der Waals surface area contributed by atoms with Crippen molar-refractivity contribution in [3.8, 4) is 45.5 Å². The highest BCUT2D eigenvalue weighted by Gasteiger charge is 2.25. The lowest BCUT2D eigenvalue weighted by molar-refractivity contribution is 0.669. The number of aromatic nitrogens is 5. The number of furan rings is 2. The fourth-order valence-electron chi connectivity index (χ4n) is 9.97. The summed E-state index contributed by atoms with van der Waals surface area (Å²) in [5.41, 5.74) is 12.2. The quantitative estimate of drug-likeness (QED) is 0.173. The predicted octanol–water partition coefficient (Wildman–Crippen LogP) is 14.9. The van der Waals surface area contributed by atoms with Crippen molar-refractivity contribution in [1.82, 2.24) is 24.1 Å². The molecular formula is C57H33N5O2. The molecule has 0 aliphatic heterocycles. The summed E-state index contributed by atoms with van der Waals surface area (Å²) in [6, 6.07) is 69.6. The molecule has 7 nitrogen and oxygen atoms in total. The Morgan fingerprint density at radius 1 is 0.328 bits per heavy atom. The van der Waals surface area contributed by atoms with E-state index in [1.54, 1.807) is 0 Å². The van der Waals surface area contributed by atoms with E-state index >= 15 is 0 Å². The van der Waals surface area contributed by atoms with Crippen molar-refractivity contribution < 1.29 is 8.83 Å². The number of fused-ring (bicyclic) bond motifs is 13. The van der Waals surface area contributed by atoms with Crippen LogP contribution in [0.2, 0.25) is 0 Å². The summed E-state index contributed by atoms with van der Waals surface area (Å²) in [4.78, 5) is 16.0. The zero-order valence-electron chi connectivity index (χ0n) is 34.1. The highest BCUT2D eigenvalue weighted by Crippen LogP contribution is 2.45. The van der Waals surface area contributed by atoms with Crippen LogP contribution in [0.4, 0.5) is 0 Å². The molecule has 0 atom stereocenters. The van der Waals surface area contributed by atoms with E-state index in [0.29, 0.717) is 17.6 Å². The van der Waals surface area contributed by atoms with Gasteiger partial charge in [0.25, 0.3) is 0 Å². The Labute approximate surface area is 364 Å². The first-order chi connectivity index (χ1) is 31.7. The maximum atomic E-state index is 6.67. The second kappa shape index (κ2) is 13.3. The third kappa shape index (κ3) is 5.00. The van der Waals surface area contributed by atoms with Gasteiger partial charge in [-0.2, -0.15) is 9.97 Å². The Morgan fingerprint density at radius 3 is 1.53 bits per heavy atom. The van der Waals surface area contributed by atoms with Gasteiger partial charge >= 0.3 is 0 Å². The normalized spacial score (nSPS) is 12.1. The topological polar surface area (TPSA) is 74.8 Å². The first-order valence-corrected chi connectivity index (χ1v) is 21.4. The lowest BCUT2D eigenvalue weighted by Gasteiger charge is -2.14. The van der Waals surface area contributed by atoms with E-state index in [0.717, 1.165) is 115 Å². The number of para-hydroxylation sites is 5. The van der Waals surface area contributed by atoms with E-state index < -0.39 is 0 Å². The molecule has 0 spiro atoms. The number of rotatable bonds is 5. The molecule has 298 valence electrons. The predicted molar refractivity (Wildman–Crippen MR) is 259 cm³/mol. The van der Waals surface area contributed by atoms with Crippen molar-refractivity contribution in [2.24, 2.45) is 0 Å². The molecule has 0 aliphatic rings. The molecule has 0 radical (unpaired) electrons. The average molecular weight is 820 g/mol. The molecule has 0 amide bonds. The Balaban J connectivity index is 1.13. The van der Waals surface area contributed by atoms with E-state index in [2.05, 4.69) is 143 Å². The highest BCUT2D eigenvalue weighted by molar-refractivity contribution is 6.24. The zero-order valence-corrected chi connectivity index (χ0v) is 34.1. The molecule has 5 heterocycles. The molecule has 0 unspecified atom stereocenters.